The van der Waals surface area contributed by atoms with Crippen LogP contribution in [0.15, 0.2) is 42.5 Å². The van der Waals surface area contributed by atoms with Crippen LogP contribution in [0.5, 0.6) is 0 Å². The van der Waals surface area contributed by atoms with Gasteiger partial charge in [0.05, 0.1) is 0 Å². The first kappa shape index (κ1) is 16.6. The van der Waals surface area contributed by atoms with E-state index in [0.29, 0.717) is 16.5 Å². The highest BCUT2D eigenvalue weighted by Crippen LogP contribution is 2.30. The Bertz CT molecular complexity index is 649. The zero-order chi connectivity index (χ0) is 16.1. The van der Waals surface area contributed by atoms with E-state index in [0.717, 1.165) is 18.5 Å². The maximum Gasteiger partial charge on any atom is 0.255 e. The van der Waals surface area contributed by atoms with Crippen molar-refractivity contribution in [3.8, 4) is 0 Å². The fourth-order valence-corrected chi connectivity index (χ4v) is 2.61. The summed E-state index contributed by atoms with van der Waals surface area (Å²) < 4.78 is 0. The number of hydrogen-bond acceptors (Lipinski definition) is 1. The minimum Gasteiger partial charge on any atom is -0.321 e. The summed E-state index contributed by atoms with van der Waals surface area (Å²) in [5, 5.41) is 3.73. The summed E-state index contributed by atoms with van der Waals surface area (Å²) in [5.41, 5.74) is 3.94. The SMILES string of the molecule is CCc1cccc([C@H](C)CC)c1NC(=O)c1ccc(Cl)cc1. The molecule has 0 aliphatic rings. The number of amides is 1. The Morgan fingerprint density at radius 1 is 1.14 bits per heavy atom. The Kier molecular flexibility index (Phi) is 5.62. The number of carbonyl (C=O) groups is 1. The number of hydrogen-bond donors (Lipinski definition) is 1. The number of aryl methyl sites for hydroxylation is 1. The van der Waals surface area contributed by atoms with Crippen LogP contribution in [-0.2, 0) is 6.42 Å². The molecule has 0 fully saturated rings. The lowest BCUT2D eigenvalue weighted by Gasteiger charge is -2.19. The molecule has 2 aromatic carbocycles. The molecule has 3 heteroatoms. The van der Waals surface area contributed by atoms with Gasteiger partial charge in [-0.05, 0) is 54.2 Å². The molecule has 0 bridgehead atoms. The average Bonchev–Trinajstić information content (AvgIpc) is 2.54. The van der Waals surface area contributed by atoms with Gasteiger partial charge in [0.1, 0.15) is 0 Å². The van der Waals surface area contributed by atoms with Crippen molar-refractivity contribution in [3.63, 3.8) is 0 Å². The van der Waals surface area contributed by atoms with Crippen LogP contribution >= 0.6 is 11.6 Å². The summed E-state index contributed by atoms with van der Waals surface area (Å²) >= 11 is 5.88. The predicted octanol–water partition coefficient (Wildman–Crippen LogP) is 5.67. The van der Waals surface area contributed by atoms with Crippen molar-refractivity contribution in [1.29, 1.82) is 0 Å². The molecule has 1 amide bonds. The van der Waals surface area contributed by atoms with E-state index in [1.165, 1.54) is 11.1 Å². The maximum atomic E-state index is 12.5. The van der Waals surface area contributed by atoms with Crippen LogP contribution in [0.4, 0.5) is 5.69 Å². The number of anilines is 1. The molecule has 116 valence electrons. The van der Waals surface area contributed by atoms with Crippen molar-refractivity contribution in [3.05, 3.63) is 64.2 Å². The first-order valence-electron chi connectivity index (χ1n) is 7.75. The number of nitrogens with one attached hydrogen (secondary N) is 1. The second kappa shape index (κ2) is 7.46. The third-order valence-corrected chi connectivity index (χ3v) is 4.30. The molecule has 0 saturated heterocycles. The maximum absolute atomic E-state index is 12.5. The van der Waals surface area contributed by atoms with Crippen LogP contribution in [0, 0.1) is 0 Å². The molecule has 22 heavy (non-hydrogen) atoms. The van der Waals surface area contributed by atoms with Gasteiger partial charge in [0.25, 0.3) is 5.91 Å². The predicted molar refractivity (Wildman–Crippen MR) is 93.9 cm³/mol. The van der Waals surface area contributed by atoms with Crippen LogP contribution < -0.4 is 5.32 Å². The summed E-state index contributed by atoms with van der Waals surface area (Å²) in [6.45, 7) is 6.45. The third-order valence-electron chi connectivity index (χ3n) is 4.05. The highest BCUT2D eigenvalue weighted by Gasteiger charge is 2.15. The molecule has 2 nitrogen and oxygen atoms in total. The zero-order valence-corrected chi connectivity index (χ0v) is 14.1. The molecular weight excluding hydrogens is 294 g/mol. The summed E-state index contributed by atoms with van der Waals surface area (Å²) in [6, 6.07) is 13.2. The van der Waals surface area contributed by atoms with E-state index in [1.807, 2.05) is 0 Å². The Morgan fingerprint density at radius 2 is 1.82 bits per heavy atom. The molecule has 1 N–H and O–H groups in total. The topological polar surface area (TPSA) is 29.1 Å². The fraction of sp³-hybridized carbons (Fsp3) is 0.316. The van der Waals surface area contributed by atoms with Crippen molar-refractivity contribution in [2.24, 2.45) is 0 Å². The fourth-order valence-electron chi connectivity index (χ4n) is 2.48. The van der Waals surface area contributed by atoms with Crippen molar-refractivity contribution >= 4 is 23.2 Å². The van der Waals surface area contributed by atoms with Gasteiger partial charge >= 0.3 is 0 Å². The smallest absolute Gasteiger partial charge is 0.255 e. The van der Waals surface area contributed by atoms with Gasteiger partial charge < -0.3 is 5.32 Å². The molecule has 1 atom stereocenters. The van der Waals surface area contributed by atoms with Crippen LogP contribution in [-0.4, -0.2) is 5.91 Å². The Labute approximate surface area is 137 Å². The van der Waals surface area contributed by atoms with E-state index >= 15 is 0 Å². The van der Waals surface area contributed by atoms with E-state index in [2.05, 4.69) is 44.3 Å². The molecule has 0 aliphatic carbocycles. The summed E-state index contributed by atoms with van der Waals surface area (Å²) in [6.07, 6.45) is 1.93. The van der Waals surface area contributed by atoms with Crippen LogP contribution in [0.2, 0.25) is 5.02 Å². The number of para-hydroxylation sites is 1. The van der Waals surface area contributed by atoms with Crippen molar-refractivity contribution < 1.29 is 4.79 Å². The summed E-state index contributed by atoms with van der Waals surface area (Å²) in [4.78, 5) is 12.5. The minimum absolute atomic E-state index is 0.0953. The van der Waals surface area contributed by atoms with Crippen LogP contribution in [0.1, 0.15) is 54.6 Å². The third kappa shape index (κ3) is 3.69. The molecule has 0 unspecified atom stereocenters. The molecule has 0 spiro atoms. The molecule has 0 radical (unpaired) electrons. The lowest BCUT2D eigenvalue weighted by molar-refractivity contribution is 0.102. The van der Waals surface area contributed by atoms with Gasteiger partial charge in [-0.2, -0.15) is 0 Å². The quantitative estimate of drug-likeness (QED) is 0.757. The lowest BCUT2D eigenvalue weighted by Crippen LogP contribution is -2.15. The number of rotatable bonds is 5. The van der Waals surface area contributed by atoms with Crippen molar-refractivity contribution in [1.82, 2.24) is 0 Å². The number of carbonyl (C=O) groups excluding carboxylic acids is 1. The monoisotopic (exact) mass is 315 g/mol. The summed E-state index contributed by atoms with van der Waals surface area (Å²) in [7, 11) is 0. The largest absolute Gasteiger partial charge is 0.321 e. The Morgan fingerprint density at radius 3 is 2.41 bits per heavy atom. The second-order valence-electron chi connectivity index (χ2n) is 5.51. The zero-order valence-electron chi connectivity index (χ0n) is 13.3. The average molecular weight is 316 g/mol. The van der Waals surface area contributed by atoms with Crippen LogP contribution in [0.25, 0.3) is 0 Å². The van der Waals surface area contributed by atoms with Crippen molar-refractivity contribution in [2.75, 3.05) is 5.32 Å². The van der Waals surface area contributed by atoms with Crippen LogP contribution in [0.3, 0.4) is 0 Å². The molecule has 2 aromatic rings. The summed E-state index contributed by atoms with van der Waals surface area (Å²) in [5.74, 6) is 0.314. The molecule has 0 saturated carbocycles. The molecule has 0 heterocycles. The van der Waals surface area contributed by atoms with E-state index in [-0.39, 0.29) is 5.91 Å². The van der Waals surface area contributed by atoms with Gasteiger partial charge in [0.2, 0.25) is 0 Å². The molecule has 0 aromatic heterocycles. The molecule has 2 rings (SSSR count). The first-order valence-corrected chi connectivity index (χ1v) is 8.13. The van der Waals surface area contributed by atoms with Gasteiger partial charge in [-0.25, -0.2) is 0 Å². The van der Waals surface area contributed by atoms with Crippen molar-refractivity contribution in [2.45, 2.75) is 39.5 Å². The lowest BCUT2D eigenvalue weighted by atomic mass is 9.93. The van der Waals surface area contributed by atoms with Gasteiger partial charge in [-0.15, -0.1) is 0 Å². The highest BCUT2D eigenvalue weighted by molar-refractivity contribution is 6.30. The van der Waals surface area contributed by atoms with Gasteiger partial charge in [-0.1, -0.05) is 50.6 Å². The Balaban J connectivity index is 2.35. The van der Waals surface area contributed by atoms with E-state index in [9.17, 15) is 4.79 Å². The minimum atomic E-state index is -0.0953. The number of benzene rings is 2. The highest BCUT2D eigenvalue weighted by atomic mass is 35.5. The number of halogens is 1. The second-order valence-corrected chi connectivity index (χ2v) is 5.94. The Hall–Kier alpha value is -1.80. The molecule has 0 aliphatic heterocycles. The van der Waals surface area contributed by atoms with E-state index in [4.69, 9.17) is 11.6 Å². The van der Waals surface area contributed by atoms with Gasteiger partial charge in [0.15, 0.2) is 0 Å². The van der Waals surface area contributed by atoms with E-state index in [1.54, 1.807) is 24.3 Å². The first-order chi connectivity index (χ1) is 10.6. The standard InChI is InChI=1S/C19H22ClNO/c1-4-13(3)17-8-6-7-14(5-2)18(17)21-19(22)15-9-11-16(20)12-10-15/h6-13H,4-5H2,1-3H3,(H,21,22)/t13-/m1/s1. The van der Waals surface area contributed by atoms with E-state index < -0.39 is 0 Å². The molecular formula is C19H22ClNO. The van der Waals surface area contributed by atoms with Gasteiger partial charge in [0, 0.05) is 16.3 Å². The van der Waals surface area contributed by atoms with Gasteiger partial charge in [-0.3, -0.25) is 4.79 Å². The normalized spacial score (nSPS) is 12.0.